The van der Waals surface area contributed by atoms with Crippen LogP contribution >= 0.6 is 0 Å². The molecule has 0 aliphatic carbocycles. The summed E-state index contributed by atoms with van der Waals surface area (Å²) in [5, 5.41) is 0. The summed E-state index contributed by atoms with van der Waals surface area (Å²) in [6.07, 6.45) is 43.6. The van der Waals surface area contributed by atoms with E-state index in [1.807, 2.05) is 0 Å². The maximum atomic E-state index is 5.38. The van der Waals surface area contributed by atoms with Crippen LogP contribution in [0.3, 0.4) is 0 Å². The first-order valence-electron chi connectivity index (χ1n) is 20.4. The van der Waals surface area contributed by atoms with Crippen molar-refractivity contribution in [1.29, 1.82) is 0 Å². The molecule has 2 atom stereocenters. The topological polar surface area (TPSA) is 36.9 Å². The van der Waals surface area contributed by atoms with Gasteiger partial charge in [0.2, 0.25) is 0 Å². The van der Waals surface area contributed by atoms with Gasteiger partial charge in [-0.25, -0.2) is 19.6 Å². The van der Waals surface area contributed by atoms with Gasteiger partial charge in [-0.3, -0.25) is 0 Å². The molecule has 0 saturated heterocycles. The van der Waals surface area contributed by atoms with Crippen molar-refractivity contribution in [3.63, 3.8) is 0 Å². The lowest BCUT2D eigenvalue weighted by Gasteiger charge is -2.11. The molecule has 0 aliphatic rings. The molecule has 2 unspecified atom stereocenters. The third-order valence-electron chi connectivity index (χ3n) is 9.08. The number of rotatable bonds is 38. The van der Waals surface area contributed by atoms with Gasteiger partial charge in [0.15, 0.2) is 0 Å². The summed E-state index contributed by atoms with van der Waals surface area (Å²) < 4.78 is 0. The van der Waals surface area contributed by atoms with Crippen LogP contribution in [0.15, 0.2) is 24.3 Å². The number of allylic oxidation sites excluding steroid dienone is 4. The number of hydrogen-bond acceptors (Lipinski definition) is 4. The average Bonchev–Trinajstić information content (AvgIpc) is 3.05. The van der Waals surface area contributed by atoms with Crippen LogP contribution in [0, 0.1) is 17.8 Å². The molecular weight excluding hydrogens is 568 g/mol. The van der Waals surface area contributed by atoms with E-state index >= 15 is 0 Å². The van der Waals surface area contributed by atoms with Gasteiger partial charge < -0.3 is 0 Å². The highest BCUT2D eigenvalue weighted by molar-refractivity contribution is 4.84. The molecule has 0 rings (SSSR count). The monoisotopic (exact) mass is 651 g/mol. The highest BCUT2D eigenvalue weighted by Gasteiger charge is 2.05. The summed E-state index contributed by atoms with van der Waals surface area (Å²) in [5.41, 5.74) is 0. The van der Waals surface area contributed by atoms with Crippen molar-refractivity contribution in [1.82, 2.24) is 0 Å². The quantitative estimate of drug-likeness (QED) is 0.0288. The molecule has 0 aliphatic heterocycles. The molecule has 46 heavy (non-hydrogen) atoms. The molecule has 274 valence electrons. The second-order valence-corrected chi connectivity index (χ2v) is 14.5. The van der Waals surface area contributed by atoms with E-state index in [1.165, 1.54) is 154 Å². The summed E-state index contributed by atoms with van der Waals surface area (Å²) in [7, 11) is 0. The molecular formula is C42H82O4. The first-order valence-corrected chi connectivity index (χ1v) is 20.4. The van der Waals surface area contributed by atoms with Gasteiger partial charge in [0.05, 0.1) is 26.4 Å². The fourth-order valence-electron chi connectivity index (χ4n) is 5.72. The number of unbranched alkanes of at least 4 members (excludes halogenated alkanes) is 18. The molecule has 0 spiro atoms. The molecule has 0 radical (unpaired) electrons. The third-order valence-corrected chi connectivity index (χ3v) is 9.08. The zero-order chi connectivity index (χ0) is 33.6. The zero-order valence-corrected chi connectivity index (χ0v) is 31.9. The van der Waals surface area contributed by atoms with E-state index in [0.717, 1.165) is 24.7 Å². The number of hydrogen-bond donors (Lipinski definition) is 0. The van der Waals surface area contributed by atoms with Crippen LogP contribution < -0.4 is 0 Å². The van der Waals surface area contributed by atoms with E-state index < -0.39 is 0 Å². The molecule has 0 bridgehead atoms. The van der Waals surface area contributed by atoms with Gasteiger partial charge in [-0.15, -0.1) is 0 Å². The van der Waals surface area contributed by atoms with Crippen LogP contribution in [0.5, 0.6) is 0 Å². The van der Waals surface area contributed by atoms with Crippen molar-refractivity contribution in [2.24, 2.45) is 17.8 Å². The van der Waals surface area contributed by atoms with Gasteiger partial charge in [-0.1, -0.05) is 174 Å². The SMILES string of the molecule is CCCCCCC(C)C/C=C/CCCCCCCCOOCC(C)COOCCCCCCCC/C=C/CC(C)CCCCCC. The van der Waals surface area contributed by atoms with Crippen molar-refractivity contribution < 1.29 is 19.6 Å². The molecule has 0 amide bonds. The Labute approximate surface area is 289 Å². The van der Waals surface area contributed by atoms with E-state index in [-0.39, 0.29) is 5.92 Å². The van der Waals surface area contributed by atoms with E-state index in [4.69, 9.17) is 19.6 Å². The Balaban J connectivity index is 3.29. The Kier molecular flexibility index (Phi) is 38.2. The van der Waals surface area contributed by atoms with Gasteiger partial charge in [-0.05, 0) is 63.2 Å². The summed E-state index contributed by atoms with van der Waals surface area (Å²) in [6, 6.07) is 0. The summed E-state index contributed by atoms with van der Waals surface area (Å²) >= 11 is 0. The highest BCUT2D eigenvalue weighted by atomic mass is 17.2. The standard InChI is InChI=1S/C42H82O4/c1-6-8-10-26-32-40(3)34-28-22-18-14-12-16-20-24-30-36-43-45-38-42(5)39-46-44-37-31-25-21-17-13-15-19-23-29-35-41(4)33-27-11-9-7-2/h22-23,28-29,40-42H,6-21,24-27,30-39H2,1-5H3/b28-22+,29-23+. The minimum Gasteiger partial charge on any atom is -0.237 e. The Morgan fingerprint density at radius 3 is 1.15 bits per heavy atom. The zero-order valence-electron chi connectivity index (χ0n) is 31.9. The lowest BCUT2D eigenvalue weighted by molar-refractivity contribution is -0.325. The molecule has 0 aromatic rings. The van der Waals surface area contributed by atoms with Gasteiger partial charge in [0.1, 0.15) is 0 Å². The molecule has 4 heteroatoms. The highest BCUT2D eigenvalue weighted by Crippen LogP contribution is 2.16. The van der Waals surface area contributed by atoms with Crippen LogP contribution in [0.1, 0.15) is 202 Å². The van der Waals surface area contributed by atoms with E-state index in [1.54, 1.807) is 0 Å². The lowest BCUT2D eigenvalue weighted by Crippen LogP contribution is -2.14. The van der Waals surface area contributed by atoms with Gasteiger partial charge >= 0.3 is 0 Å². The van der Waals surface area contributed by atoms with Crippen molar-refractivity contribution in [2.45, 2.75) is 202 Å². The van der Waals surface area contributed by atoms with E-state index in [0.29, 0.717) is 26.4 Å². The molecule has 0 fully saturated rings. The third kappa shape index (κ3) is 37.8. The predicted molar refractivity (Wildman–Crippen MR) is 201 cm³/mol. The summed E-state index contributed by atoms with van der Waals surface area (Å²) in [6.45, 7) is 13.9. The van der Waals surface area contributed by atoms with E-state index in [9.17, 15) is 0 Å². The van der Waals surface area contributed by atoms with E-state index in [2.05, 4.69) is 58.9 Å². The van der Waals surface area contributed by atoms with Crippen LogP contribution in [0.4, 0.5) is 0 Å². The normalized spacial score (nSPS) is 14.1. The van der Waals surface area contributed by atoms with Crippen molar-refractivity contribution in [2.75, 3.05) is 26.4 Å². The van der Waals surface area contributed by atoms with Crippen LogP contribution in [-0.4, -0.2) is 26.4 Å². The van der Waals surface area contributed by atoms with Crippen molar-refractivity contribution in [3.8, 4) is 0 Å². The Hall–Kier alpha value is -0.680. The lowest BCUT2D eigenvalue weighted by atomic mass is 9.99. The minimum absolute atomic E-state index is 0.256. The fraction of sp³-hybridized carbons (Fsp3) is 0.905. The smallest absolute Gasteiger partial charge is 0.0871 e. The van der Waals surface area contributed by atoms with Crippen molar-refractivity contribution >= 4 is 0 Å². The second-order valence-electron chi connectivity index (χ2n) is 14.5. The molecule has 0 saturated carbocycles. The Morgan fingerprint density at radius 2 is 0.739 bits per heavy atom. The predicted octanol–water partition coefficient (Wildman–Crippen LogP) is 14.1. The van der Waals surface area contributed by atoms with Gasteiger partial charge in [0.25, 0.3) is 0 Å². The van der Waals surface area contributed by atoms with Crippen LogP contribution in [-0.2, 0) is 19.6 Å². The van der Waals surface area contributed by atoms with Crippen molar-refractivity contribution in [3.05, 3.63) is 24.3 Å². The van der Waals surface area contributed by atoms with Gasteiger partial charge in [-0.2, -0.15) is 0 Å². The maximum absolute atomic E-state index is 5.38. The molecule has 0 heterocycles. The largest absolute Gasteiger partial charge is 0.237 e. The fourth-order valence-corrected chi connectivity index (χ4v) is 5.72. The van der Waals surface area contributed by atoms with Crippen LogP contribution in [0.2, 0.25) is 0 Å². The minimum atomic E-state index is 0.256. The first-order chi connectivity index (χ1) is 22.6. The molecule has 0 aromatic heterocycles. The average molecular weight is 651 g/mol. The Morgan fingerprint density at radius 1 is 0.370 bits per heavy atom. The summed E-state index contributed by atoms with van der Waals surface area (Å²) in [5.74, 6) is 1.94. The Bertz CT molecular complexity index is 567. The van der Waals surface area contributed by atoms with Gasteiger partial charge in [0, 0.05) is 5.92 Å². The molecule has 4 nitrogen and oxygen atoms in total. The molecule has 0 aromatic carbocycles. The summed E-state index contributed by atoms with van der Waals surface area (Å²) in [4.78, 5) is 21.5. The van der Waals surface area contributed by atoms with Crippen LogP contribution in [0.25, 0.3) is 0 Å². The second kappa shape index (κ2) is 38.8. The maximum Gasteiger partial charge on any atom is 0.0871 e. The first kappa shape index (κ1) is 45.3. The molecule has 0 N–H and O–H groups in total.